The lowest BCUT2D eigenvalue weighted by Crippen LogP contribution is -2.15. The third-order valence-corrected chi connectivity index (χ3v) is 2.26. The number of hydrogen-bond acceptors (Lipinski definition) is 4. The Morgan fingerprint density at radius 3 is 2.56 bits per heavy atom. The van der Waals surface area contributed by atoms with Gasteiger partial charge in [0, 0.05) is 12.6 Å². The standard InChI is InChI=1S/C11H17F3N4/c1-7(2)4-3-5-16-9-6-8(15)17-10(18-9)11(12,13)14/h6-7H,3-5H2,1-2H3,(H3,15,16,17,18). The van der Waals surface area contributed by atoms with Gasteiger partial charge in [-0.3, -0.25) is 0 Å². The third-order valence-electron chi connectivity index (χ3n) is 2.26. The van der Waals surface area contributed by atoms with E-state index in [2.05, 4.69) is 29.1 Å². The van der Waals surface area contributed by atoms with Crippen LogP contribution in [0, 0.1) is 5.92 Å². The van der Waals surface area contributed by atoms with E-state index in [1.807, 2.05) is 0 Å². The van der Waals surface area contributed by atoms with Crippen molar-refractivity contribution in [3.05, 3.63) is 11.9 Å². The van der Waals surface area contributed by atoms with E-state index in [-0.39, 0.29) is 11.6 Å². The molecule has 1 aromatic heterocycles. The van der Waals surface area contributed by atoms with E-state index in [0.29, 0.717) is 12.5 Å². The van der Waals surface area contributed by atoms with Crippen molar-refractivity contribution in [1.29, 1.82) is 0 Å². The van der Waals surface area contributed by atoms with Gasteiger partial charge in [-0.15, -0.1) is 0 Å². The molecule has 0 atom stereocenters. The molecule has 0 aliphatic rings. The Hall–Kier alpha value is -1.53. The van der Waals surface area contributed by atoms with Gasteiger partial charge in [0.2, 0.25) is 5.82 Å². The number of hydrogen-bond donors (Lipinski definition) is 2. The minimum Gasteiger partial charge on any atom is -0.384 e. The van der Waals surface area contributed by atoms with Gasteiger partial charge in [-0.1, -0.05) is 13.8 Å². The minimum atomic E-state index is -4.58. The second-order valence-electron chi connectivity index (χ2n) is 4.46. The van der Waals surface area contributed by atoms with Crippen LogP contribution in [-0.2, 0) is 6.18 Å². The molecule has 4 nitrogen and oxygen atoms in total. The zero-order valence-corrected chi connectivity index (χ0v) is 10.4. The van der Waals surface area contributed by atoms with Crippen LogP contribution in [0.2, 0.25) is 0 Å². The van der Waals surface area contributed by atoms with E-state index in [1.54, 1.807) is 0 Å². The summed E-state index contributed by atoms with van der Waals surface area (Å²) in [5.41, 5.74) is 5.32. The molecular formula is C11H17F3N4. The van der Waals surface area contributed by atoms with Crippen LogP contribution in [0.15, 0.2) is 6.07 Å². The van der Waals surface area contributed by atoms with E-state index in [9.17, 15) is 13.2 Å². The molecule has 3 N–H and O–H groups in total. The number of nitrogens with two attached hydrogens (primary N) is 1. The first-order chi connectivity index (χ1) is 8.29. The lowest BCUT2D eigenvalue weighted by molar-refractivity contribution is -0.144. The fourth-order valence-corrected chi connectivity index (χ4v) is 1.41. The van der Waals surface area contributed by atoms with Gasteiger partial charge in [0.1, 0.15) is 11.6 Å². The van der Waals surface area contributed by atoms with Gasteiger partial charge in [-0.25, -0.2) is 9.97 Å². The highest BCUT2D eigenvalue weighted by atomic mass is 19.4. The summed E-state index contributed by atoms with van der Waals surface area (Å²) in [7, 11) is 0. The summed E-state index contributed by atoms with van der Waals surface area (Å²) in [5, 5.41) is 2.82. The zero-order valence-electron chi connectivity index (χ0n) is 10.4. The lowest BCUT2D eigenvalue weighted by Gasteiger charge is -2.10. The van der Waals surface area contributed by atoms with Crippen molar-refractivity contribution in [1.82, 2.24) is 9.97 Å². The van der Waals surface area contributed by atoms with Crippen LogP contribution in [0.25, 0.3) is 0 Å². The Balaban J connectivity index is 2.63. The van der Waals surface area contributed by atoms with E-state index in [4.69, 9.17) is 5.73 Å². The van der Waals surface area contributed by atoms with Gasteiger partial charge >= 0.3 is 6.18 Å². The van der Waals surface area contributed by atoms with Crippen molar-refractivity contribution in [2.24, 2.45) is 5.92 Å². The van der Waals surface area contributed by atoms with Crippen LogP contribution >= 0.6 is 0 Å². The summed E-state index contributed by atoms with van der Waals surface area (Å²) >= 11 is 0. The number of nitrogen functional groups attached to an aromatic ring is 1. The van der Waals surface area contributed by atoms with E-state index in [0.717, 1.165) is 12.8 Å². The molecule has 102 valence electrons. The van der Waals surface area contributed by atoms with Crippen LogP contribution < -0.4 is 11.1 Å². The van der Waals surface area contributed by atoms with Crippen LogP contribution in [0.5, 0.6) is 0 Å². The molecular weight excluding hydrogens is 245 g/mol. The molecule has 0 radical (unpaired) electrons. The Bertz CT molecular complexity index is 390. The molecule has 0 amide bonds. The molecule has 1 heterocycles. The smallest absolute Gasteiger partial charge is 0.384 e. The van der Waals surface area contributed by atoms with Gasteiger partial charge < -0.3 is 11.1 Å². The number of alkyl halides is 3. The average molecular weight is 262 g/mol. The maximum absolute atomic E-state index is 12.4. The van der Waals surface area contributed by atoms with E-state index in [1.165, 1.54) is 6.07 Å². The van der Waals surface area contributed by atoms with E-state index >= 15 is 0 Å². The van der Waals surface area contributed by atoms with Crippen molar-refractivity contribution in [2.75, 3.05) is 17.6 Å². The first kappa shape index (κ1) is 14.5. The highest BCUT2D eigenvalue weighted by Gasteiger charge is 2.35. The van der Waals surface area contributed by atoms with Crippen molar-refractivity contribution < 1.29 is 13.2 Å². The Labute approximate surface area is 104 Å². The summed E-state index contributed by atoms with van der Waals surface area (Å²) in [6, 6.07) is 1.30. The molecule has 7 heteroatoms. The van der Waals surface area contributed by atoms with Crippen molar-refractivity contribution in [3.8, 4) is 0 Å². The van der Waals surface area contributed by atoms with Gasteiger partial charge in [0.25, 0.3) is 0 Å². The van der Waals surface area contributed by atoms with Crippen LogP contribution in [0.1, 0.15) is 32.5 Å². The van der Waals surface area contributed by atoms with Crippen molar-refractivity contribution >= 4 is 11.6 Å². The summed E-state index contributed by atoms with van der Waals surface area (Å²) in [6.45, 7) is 4.74. The van der Waals surface area contributed by atoms with Crippen molar-refractivity contribution in [2.45, 2.75) is 32.9 Å². The number of anilines is 2. The molecule has 1 aromatic rings. The van der Waals surface area contributed by atoms with Crippen molar-refractivity contribution in [3.63, 3.8) is 0 Å². The molecule has 0 bridgehead atoms. The molecule has 0 aliphatic heterocycles. The quantitative estimate of drug-likeness (QED) is 0.801. The normalized spacial score (nSPS) is 11.9. The van der Waals surface area contributed by atoms with Crippen LogP contribution in [0.4, 0.5) is 24.8 Å². The first-order valence-electron chi connectivity index (χ1n) is 5.74. The minimum absolute atomic E-state index is 0.110. The summed E-state index contributed by atoms with van der Waals surface area (Å²) in [6.07, 6.45) is -2.72. The maximum Gasteiger partial charge on any atom is 0.451 e. The van der Waals surface area contributed by atoms with Gasteiger partial charge in [0.05, 0.1) is 0 Å². The molecule has 1 rings (SSSR count). The third kappa shape index (κ3) is 4.77. The second-order valence-corrected chi connectivity index (χ2v) is 4.46. The molecule has 0 spiro atoms. The number of halogens is 3. The maximum atomic E-state index is 12.4. The predicted octanol–water partition coefficient (Wildman–Crippen LogP) is 2.93. The molecule has 0 saturated heterocycles. The number of nitrogens with zero attached hydrogens (tertiary/aromatic N) is 2. The first-order valence-corrected chi connectivity index (χ1v) is 5.74. The largest absolute Gasteiger partial charge is 0.451 e. The number of nitrogens with one attached hydrogen (secondary N) is 1. The highest BCUT2D eigenvalue weighted by molar-refractivity contribution is 5.44. The van der Waals surface area contributed by atoms with Crippen LogP contribution in [-0.4, -0.2) is 16.5 Å². The van der Waals surface area contributed by atoms with Gasteiger partial charge in [-0.2, -0.15) is 13.2 Å². The monoisotopic (exact) mass is 262 g/mol. The average Bonchev–Trinajstić information content (AvgIpc) is 2.22. The predicted molar refractivity (Wildman–Crippen MR) is 64.0 cm³/mol. The SMILES string of the molecule is CC(C)CCCNc1cc(N)nc(C(F)(F)F)n1. The zero-order chi connectivity index (χ0) is 13.8. The molecule has 0 fully saturated rings. The van der Waals surface area contributed by atoms with E-state index < -0.39 is 12.0 Å². The molecule has 0 saturated carbocycles. The molecule has 0 aliphatic carbocycles. The fourth-order valence-electron chi connectivity index (χ4n) is 1.41. The van der Waals surface area contributed by atoms with Gasteiger partial charge in [0.15, 0.2) is 0 Å². The van der Waals surface area contributed by atoms with Gasteiger partial charge in [-0.05, 0) is 18.8 Å². The molecule has 0 unspecified atom stereocenters. The fraction of sp³-hybridized carbons (Fsp3) is 0.636. The second kappa shape index (κ2) is 5.88. The molecule has 0 aromatic carbocycles. The summed E-state index contributed by atoms with van der Waals surface area (Å²) < 4.78 is 37.3. The number of rotatable bonds is 5. The Morgan fingerprint density at radius 2 is 2.00 bits per heavy atom. The van der Waals surface area contributed by atoms with Crippen LogP contribution in [0.3, 0.4) is 0 Å². The topological polar surface area (TPSA) is 63.8 Å². The molecule has 18 heavy (non-hydrogen) atoms. The highest BCUT2D eigenvalue weighted by Crippen LogP contribution is 2.27. The summed E-state index contributed by atoms with van der Waals surface area (Å²) in [5.74, 6) is -0.732. The Kier molecular flexibility index (Phi) is 4.75. The number of aromatic nitrogens is 2. The Morgan fingerprint density at radius 1 is 1.33 bits per heavy atom. The lowest BCUT2D eigenvalue weighted by atomic mass is 10.1. The summed E-state index contributed by atoms with van der Waals surface area (Å²) in [4.78, 5) is 6.56.